The maximum absolute atomic E-state index is 13.0. The summed E-state index contributed by atoms with van der Waals surface area (Å²) < 4.78 is 6.99. The molecule has 0 N–H and O–H groups in total. The van der Waals surface area contributed by atoms with Crippen LogP contribution in [0.15, 0.2) is 18.2 Å². The van der Waals surface area contributed by atoms with E-state index in [1.54, 1.807) is 11.9 Å². The molecule has 1 amide bonds. The van der Waals surface area contributed by atoms with E-state index in [4.69, 9.17) is 0 Å². The second-order valence-electron chi connectivity index (χ2n) is 8.78. The molecule has 162 valence electrons. The van der Waals surface area contributed by atoms with Gasteiger partial charge in [-0.05, 0) is 43.0 Å². The minimum absolute atomic E-state index is 0.00262. The second kappa shape index (κ2) is 8.80. The summed E-state index contributed by atoms with van der Waals surface area (Å²) in [6.45, 7) is 2.66. The van der Waals surface area contributed by atoms with E-state index < -0.39 is 0 Å². The molecule has 1 aromatic heterocycles. The van der Waals surface area contributed by atoms with Crippen LogP contribution in [-0.2, 0) is 29.5 Å². The summed E-state index contributed by atoms with van der Waals surface area (Å²) in [5.41, 5.74) is 4.73. The fourth-order valence-corrected chi connectivity index (χ4v) is 5.20. The number of carbonyl (C=O) groups is 2. The predicted octanol–water partition coefficient (Wildman–Crippen LogP) is 3.50. The first-order chi connectivity index (χ1) is 14.5. The van der Waals surface area contributed by atoms with Gasteiger partial charge in [-0.15, -0.1) is 0 Å². The highest BCUT2D eigenvalue weighted by atomic mass is 16.5. The number of benzene rings is 1. The van der Waals surface area contributed by atoms with Crippen molar-refractivity contribution in [3.05, 3.63) is 35.0 Å². The van der Waals surface area contributed by atoms with Crippen molar-refractivity contribution in [2.45, 2.75) is 57.5 Å². The van der Waals surface area contributed by atoms with Crippen LogP contribution in [0.25, 0.3) is 10.9 Å². The lowest BCUT2D eigenvalue weighted by atomic mass is 10.0. The number of aryl methyl sites for hydroxylation is 1. The van der Waals surface area contributed by atoms with Gasteiger partial charge in [0.1, 0.15) is 0 Å². The zero-order valence-electron chi connectivity index (χ0n) is 18.4. The molecule has 0 unspecified atom stereocenters. The first kappa shape index (κ1) is 20.9. The number of amides is 1. The van der Waals surface area contributed by atoms with Crippen LogP contribution >= 0.6 is 0 Å². The van der Waals surface area contributed by atoms with Gasteiger partial charge in [-0.2, -0.15) is 0 Å². The van der Waals surface area contributed by atoms with Crippen molar-refractivity contribution in [2.24, 2.45) is 7.05 Å². The third-order valence-corrected chi connectivity index (χ3v) is 6.97. The summed E-state index contributed by atoms with van der Waals surface area (Å²) in [4.78, 5) is 28.6. The maximum atomic E-state index is 13.0. The van der Waals surface area contributed by atoms with Crippen LogP contribution < -0.4 is 0 Å². The average Bonchev–Trinajstić information content (AvgIpc) is 3.40. The Morgan fingerprint density at radius 3 is 2.73 bits per heavy atom. The van der Waals surface area contributed by atoms with Crippen LogP contribution in [0.4, 0.5) is 0 Å². The Kier molecular flexibility index (Phi) is 6.14. The molecule has 0 radical (unpaired) electrons. The number of fused-ring (bicyclic) bond motifs is 3. The van der Waals surface area contributed by atoms with E-state index in [0.29, 0.717) is 19.4 Å². The summed E-state index contributed by atoms with van der Waals surface area (Å²) in [6, 6.07) is 6.81. The van der Waals surface area contributed by atoms with E-state index in [9.17, 15) is 9.59 Å². The van der Waals surface area contributed by atoms with Crippen molar-refractivity contribution in [1.82, 2.24) is 14.4 Å². The number of aromatic nitrogens is 1. The largest absolute Gasteiger partial charge is 0.469 e. The number of nitrogens with zero attached hydrogens (tertiary/aromatic N) is 3. The smallest absolute Gasteiger partial charge is 0.305 e. The molecule has 1 aliphatic carbocycles. The summed E-state index contributed by atoms with van der Waals surface area (Å²) in [5.74, 6) is -0.233. The normalized spacial score (nSPS) is 17.3. The van der Waals surface area contributed by atoms with Gasteiger partial charge in [0, 0.05) is 74.8 Å². The van der Waals surface area contributed by atoms with E-state index in [-0.39, 0.29) is 11.9 Å². The molecule has 0 atom stereocenters. The third kappa shape index (κ3) is 3.97. The van der Waals surface area contributed by atoms with Crippen LogP contribution in [-0.4, -0.2) is 59.5 Å². The first-order valence-electron chi connectivity index (χ1n) is 11.2. The minimum atomic E-state index is -0.236. The Balaban J connectivity index is 1.54. The fraction of sp³-hybridized carbons (Fsp3) is 0.583. The molecule has 6 nitrogen and oxygen atoms in total. The zero-order valence-corrected chi connectivity index (χ0v) is 18.4. The van der Waals surface area contributed by atoms with Gasteiger partial charge in [-0.25, -0.2) is 0 Å². The van der Waals surface area contributed by atoms with Gasteiger partial charge in [0.05, 0.1) is 7.11 Å². The summed E-state index contributed by atoms with van der Waals surface area (Å²) >= 11 is 0. The highest BCUT2D eigenvalue weighted by molar-refractivity contribution is 5.99. The molecular formula is C24H33N3O3. The highest BCUT2D eigenvalue weighted by Crippen LogP contribution is 2.34. The molecule has 2 aliphatic rings. The maximum Gasteiger partial charge on any atom is 0.305 e. The lowest BCUT2D eigenvalue weighted by Crippen LogP contribution is -2.37. The predicted molar refractivity (Wildman–Crippen MR) is 117 cm³/mol. The standard InChI is InChI=1S/C24H33N3O3/c1-25(13-6-9-23(28)30-3)24(29)17-10-11-21-19(15-17)20-16-27(18-7-4-5-8-18)14-12-22(20)26(21)2/h10-11,15,18H,4-9,12-14,16H2,1-3H3. The number of hydrogen-bond donors (Lipinski definition) is 0. The van der Waals surface area contributed by atoms with Crippen molar-refractivity contribution < 1.29 is 14.3 Å². The lowest BCUT2D eigenvalue weighted by molar-refractivity contribution is -0.140. The molecule has 0 saturated heterocycles. The molecule has 2 heterocycles. The number of hydrogen-bond acceptors (Lipinski definition) is 4. The fourth-order valence-electron chi connectivity index (χ4n) is 5.20. The van der Waals surface area contributed by atoms with E-state index in [1.165, 1.54) is 55.0 Å². The molecule has 1 saturated carbocycles. The molecule has 6 heteroatoms. The Morgan fingerprint density at radius 1 is 1.23 bits per heavy atom. The molecule has 30 heavy (non-hydrogen) atoms. The highest BCUT2D eigenvalue weighted by Gasteiger charge is 2.29. The van der Waals surface area contributed by atoms with Crippen LogP contribution in [0.5, 0.6) is 0 Å². The number of methoxy groups -OCH3 is 1. The van der Waals surface area contributed by atoms with Gasteiger partial charge < -0.3 is 14.2 Å². The Bertz CT molecular complexity index is 943. The van der Waals surface area contributed by atoms with Crippen LogP contribution in [0, 0.1) is 0 Å². The van der Waals surface area contributed by atoms with Gasteiger partial charge >= 0.3 is 5.97 Å². The van der Waals surface area contributed by atoms with Crippen LogP contribution in [0.3, 0.4) is 0 Å². The van der Waals surface area contributed by atoms with Gasteiger partial charge in [0.25, 0.3) is 5.91 Å². The van der Waals surface area contributed by atoms with E-state index >= 15 is 0 Å². The van der Waals surface area contributed by atoms with Crippen LogP contribution in [0.2, 0.25) is 0 Å². The molecule has 1 fully saturated rings. The van der Waals surface area contributed by atoms with E-state index in [0.717, 1.165) is 31.1 Å². The van der Waals surface area contributed by atoms with Gasteiger partial charge in [0.2, 0.25) is 0 Å². The third-order valence-electron chi connectivity index (χ3n) is 6.97. The number of rotatable bonds is 6. The number of esters is 1. The number of carbonyl (C=O) groups excluding carboxylic acids is 2. The topological polar surface area (TPSA) is 54.8 Å². The SMILES string of the molecule is COC(=O)CCCN(C)C(=O)c1ccc2c(c1)c1c(n2C)CCN(C2CCCC2)C1. The number of ether oxygens (including phenoxy) is 1. The average molecular weight is 412 g/mol. The second-order valence-corrected chi connectivity index (χ2v) is 8.78. The molecular weight excluding hydrogens is 378 g/mol. The molecule has 0 spiro atoms. The first-order valence-corrected chi connectivity index (χ1v) is 11.2. The summed E-state index contributed by atoms with van der Waals surface area (Å²) in [7, 11) is 5.33. The summed E-state index contributed by atoms with van der Waals surface area (Å²) in [5, 5.41) is 1.21. The van der Waals surface area contributed by atoms with Crippen molar-refractivity contribution >= 4 is 22.8 Å². The van der Waals surface area contributed by atoms with Crippen LogP contribution in [0.1, 0.15) is 60.1 Å². The van der Waals surface area contributed by atoms with Gasteiger partial charge in [0.15, 0.2) is 0 Å². The zero-order chi connectivity index (χ0) is 21.3. The van der Waals surface area contributed by atoms with Crippen molar-refractivity contribution in [1.29, 1.82) is 0 Å². The van der Waals surface area contributed by atoms with E-state index in [2.05, 4.69) is 33.4 Å². The van der Waals surface area contributed by atoms with Crippen molar-refractivity contribution in [3.63, 3.8) is 0 Å². The Morgan fingerprint density at radius 2 is 2.00 bits per heavy atom. The minimum Gasteiger partial charge on any atom is -0.469 e. The molecule has 1 aliphatic heterocycles. The molecule has 4 rings (SSSR count). The molecule has 2 aromatic rings. The summed E-state index contributed by atoms with van der Waals surface area (Å²) in [6.07, 6.45) is 7.35. The van der Waals surface area contributed by atoms with Crippen molar-refractivity contribution in [3.8, 4) is 0 Å². The van der Waals surface area contributed by atoms with Gasteiger partial charge in [-0.1, -0.05) is 12.8 Å². The molecule has 1 aromatic carbocycles. The lowest BCUT2D eigenvalue weighted by Gasteiger charge is -2.32. The quantitative estimate of drug-likeness (QED) is 0.683. The van der Waals surface area contributed by atoms with E-state index in [1.807, 2.05) is 6.07 Å². The van der Waals surface area contributed by atoms with Crippen molar-refractivity contribution in [2.75, 3.05) is 27.2 Å². The molecule has 0 bridgehead atoms. The Hall–Kier alpha value is -2.34. The van der Waals surface area contributed by atoms with Gasteiger partial charge in [-0.3, -0.25) is 14.5 Å². The Labute approximate surface area is 178 Å². The monoisotopic (exact) mass is 411 g/mol.